The zero-order chi connectivity index (χ0) is 13.0. The van der Waals surface area contributed by atoms with Gasteiger partial charge < -0.3 is 15.3 Å². The molecule has 3 heteroatoms. The first-order chi connectivity index (χ1) is 8.70. The summed E-state index contributed by atoms with van der Waals surface area (Å²) in [5.41, 5.74) is 2.65. The van der Waals surface area contributed by atoms with E-state index in [0.717, 1.165) is 26.1 Å². The molecule has 0 aromatic heterocycles. The van der Waals surface area contributed by atoms with E-state index in [0.29, 0.717) is 5.92 Å². The molecule has 18 heavy (non-hydrogen) atoms. The first-order valence-electron chi connectivity index (χ1n) is 6.90. The van der Waals surface area contributed by atoms with Crippen LogP contribution in [0.15, 0.2) is 24.3 Å². The molecule has 2 rings (SSSR count). The predicted molar refractivity (Wildman–Crippen MR) is 76.2 cm³/mol. The van der Waals surface area contributed by atoms with Crippen molar-refractivity contribution in [2.75, 3.05) is 31.1 Å². The van der Waals surface area contributed by atoms with E-state index in [1.54, 1.807) is 0 Å². The number of rotatable bonds is 3. The third kappa shape index (κ3) is 3.24. The Morgan fingerprint density at radius 1 is 1.33 bits per heavy atom. The minimum absolute atomic E-state index is 0.192. The van der Waals surface area contributed by atoms with Gasteiger partial charge in [0.1, 0.15) is 0 Å². The summed E-state index contributed by atoms with van der Waals surface area (Å²) in [5.74, 6) is 0.579. The van der Waals surface area contributed by atoms with Crippen molar-refractivity contribution in [1.82, 2.24) is 5.32 Å². The molecule has 1 aromatic rings. The second-order valence-electron chi connectivity index (χ2n) is 5.38. The second-order valence-corrected chi connectivity index (χ2v) is 5.38. The lowest BCUT2D eigenvalue weighted by Crippen LogP contribution is -2.40. The highest BCUT2D eigenvalue weighted by atomic mass is 16.3. The van der Waals surface area contributed by atoms with Crippen LogP contribution in [0.4, 0.5) is 5.69 Å². The third-order valence-corrected chi connectivity index (χ3v) is 3.62. The van der Waals surface area contributed by atoms with Gasteiger partial charge in [0.05, 0.1) is 6.61 Å². The number of benzene rings is 1. The number of hydrogen-bond acceptors (Lipinski definition) is 3. The van der Waals surface area contributed by atoms with Crippen LogP contribution in [0, 0.1) is 0 Å². The van der Waals surface area contributed by atoms with E-state index in [-0.39, 0.29) is 12.6 Å². The highest BCUT2D eigenvalue weighted by molar-refractivity contribution is 5.48. The van der Waals surface area contributed by atoms with Gasteiger partial charge in [0.2, 0.25) is 0 Å². The largest absolute Gasteiger partial charge is 0.395 e. The van der Waals surface area contributed by atoms with Gasteiger partial charge in [-0.3, -0.25) is 0 Å². The monoisotopic (exact) mass is 248 g/mol. The fourth-order valence-corrected chi connectivity index (χ4v) is 2.42. The summed E-state index contributed by atoms with van der Waals surface area (Å²) in [5, 5.41) is 12.7. The van der Waals surface area contributed by atoms with Crippen molar-refractivity contribution >= 4 is 5.69 Å². The van der Waals surface area contributed by atoms with Crippen molar-refractivity contribution in [2.45, 2.75) is 32.2 Å². The van der Waals surface area contributed by atoms with Gasteiger partial charge in [-0.2, -0.15) is 0 Å². The van der Waals surface area contributed by atoms with E-state index in [1.165, 1.54) is 11.3 Å². The van der Waals surface area contributed by atoms with Gasteiger partial charge in [0.15, 0.2) is 0 Å². The van der Waals surface area contributed by atoms with Gasteiger partial charge in [0.25, 0.3) is 0 Å². The molecule has 1 unspecified atom stereocenters. The van der Waals surface area contributed by atoms with E-state index in [2.05, 4.69) is 48.3 Å². The van der Waals surface area contributed by atoms with Crippen LogP contribution in [0.1, 0.15) is 31.7 Å². The minimum Gasteiger partial charge on any atom is -0.395 e. The lowest BCUT2D eigenvalue weighted by molar-refractivity contribution is 0.248. The lowest BCUT2D eigenvalue weighted by atomic mass is 10.0. The molecule has 1 aromatic carbocycles. The molecule has 0 amide bonds. The van der Waals surface area contributed by atoms with Crippen molar-refractivity contribution in [3.63, 3.8) is 0 Å². The molecule has 3 nitrogen and oxygen atoms in total. The fourth-order valence-electron chi connectivity index (χ4n) is 2.42. The molecule has 1 atom stereocenters. The van der Waals surface area contributed by atoms with Crippen LogP contribution >= 0.6 is 0 Å². The van der Waals surface area contributed by atoms with E-state index >= 15 is 0 Å². The average Bonchev–Trinajstić information content (AvgIpc) is 2.64. The summed E-state index contributed by atoms with van der Waals surface area (Å²) < 4.78 is 0. The predicted octanol–water partition coefficient (Wildman–Crippen LogP) is 1.97. The summed E-state index contributed by atoms with van der Waals surface area (Å²) in [6.45, 7) is 7.58. The molecular weight excluding hydrogens is 224 g/mol. The van der Waals surface area contributed by atoms with Gasteiger partial charge in [-0.15, -0.1) is 0 Å². The van der Waals surface area contributed by atoms with Crippen LogP contribution in [-0.2, 0) is 0 Å². The van der Waals surface area contributed by atoms with Gasteiger partial charge in [-0.25, -0.2) is 0 Å². The number of anilines is 1. The Bertz CT molecular complexity index is 361. The van der Waals surface area contributed by atoms with Crippen molar-refractivity contribution in [3.8, 4) is 0 Å². The maximum absolute atomic E-state index is 9.31. The van der Waals surface area contributed by atoms with Crippen LogP contribution in [0.3, 0.4) is 0 Å². The molecule has 1 saturated heterocycles. The fraction of sp³-hybridized carbons (Fsp3) is 0.600. The quantitative estimate of drug-likeness (QED) is 0.858. The van der Waals surface area contributed by atoms with Gasteiger partial charge in [0, 0.05) is 24.8 Å². The van der Waals surface area contributed by atoms with E-state index in [1.807, 2.05) is 0 Å². The molecule has 0 aliphatic carbocycles. The first-order valence-corrected chi connectivity index (χ1v) is 6.90. The zero-order valence-electron chi connectivity index (χ0n) is 11.4. The molecular formula is C15H24N2O. The molecule has 2 N–H and O–H groups in total. The SMILES string of the molecule is CC(C)c1ccc(N2CCCNC(CO)C2)cc1. The van der Waals surface area contributed by atoms with Crippen molar-refractivity contribution in [1.29, 1.82) is 0 Å². The van der Waals surface area contributed by atoms with Crippen LogP contribution < -0.4 is 10.2 Å². The topological polar surface area (TPSA) is 35.5 Å². The smallest absolute Gasteiger partial charge is 0.0601 e. The van der Waals surface area contributed by atoms with E-state index in [4.69, 9.17) is 0 Å². The Morgan fingerprint density at radius 2 is 2.06 bits per heavy atom. The second kappa shape index (κ2) is 6.21. The Balaban J connectivity index is 2.09. The van der Waals surface area contributed by atoms with Crippen molar-refractivity contribution in [3.05, 3.63) is 29.8 Å². The first kappa shape index (κ1) is 13.4. The van der Waals surface area contributed by atoms with Gasteiger partial charge >= 0.3 is 0 Å². The molecule has 1 aliphatic rings. The number of aliphatic hydroxyl groups is 1. The molecule has 1 heterocycles. The Morgan fingerprint density at radius 3 is 2.67 bits per heavy atom. The summed E-state index contributed by atoms with van der Waals surface area (Å²) in [4.78, 5) is 2.37. The standard InChI is InChI=1S/C15H24N2O/c1-12(2)13-4-6-15(7-5-13)17-9-3-8-16-14(10-17)11-18/h4-7,12,14,16,18H,3,8-11H2,1-2H3. The number of nitrogens with one attached hydrogen (secondary N) is 1. The molecule has 1 aliphatic heterocycles. The zero-order valence-corrected chi connectivity index (χ0v) is 11.4. The van der Waals surface area contributed by atoms with Crippen molar-refractivity contribution in [2.24, 2.45) is 0 Å². The molecule has 1 fully saturated rings. The number of nitrogens with zero attached hydrogens (tertiary/aromatic N) is 1. The highest BCUT2D eigenvalue weighted by Gasteiger charge is 2.17. The summed E-state index contributed by atoms with van der Waals surface area (Å²) in [6.07, 6.45) is 1.13. The lowest BCUT2D eigenvalue weighted by Gasteiger charge is -2.26. The number of hydrogen-bond donors (Lipinski definition) is 2. The Labute approximate surface area is 110 Å². The Kier molecular flexibility index (Phi) is 4.61. The molecule has 100 valence electrons. The van der Waals surface area contributed by atoms with Gasteiger partial charge in [-0.1, -0.05) is 26.0 Å². The van der Waals surface area contributed by atoms with Crippen molar-refractivity contribution < 1.29 is 5.11 Å². The highest BCUT2D eigenvalue weighted by Crippen LogP contribution is 2.21. The van der Waals surface area contributed by atoms with Crippen LogP contribution in [0.5, 0.6) is 0 Å². The van der Waals surface area contributed by atoms with Crippen LogP contribution in [0.2, 0.25) is 0 Å². The van der Waals surface area contributed by atoms with Gasteiger partial charge in [-0.05, 0) is 36.6 Å². The Hall–Kier alpha value is -1.06. The summed E-state index contributed by atoms with van der Waals surface area (Å²) in [7, 11) is 0. The van der Waals surface area contributed by atoms with Crippen LogP contribution in [0.25, 0.3) is 0 Å². The normalized spacial score (nSPS) is 21.1. The van der Waals surface area contributed by atoms with E-state index in [9.17, 15) is 5.11 Å². The number of aliphatic hydroxyl groups excluding tert-OH is 1. The van der Waals surface area contributed by atoms with Crippen LogP contribution in [-0.4, -0.2) is 37.4 Å². The molecule has 0 bridgehead atoms. The maximum Gasteiger partial charge on any atom is 0.0601 e. The summed E-state index contributed by atoms with van der Waals surface area (Å²) in [6, 6.07) is 9.03. The average molecular weight is 248 g/mol. The minimum atomic E-state index is 0.192. The molecule has 0 spiro atoms. The summed E-state index contributed by atoms with van der Waals surface area (Å²) >= 11 is 0. The molecule has 0 saturated carbocycles. The molecule has 0 radical (unpaired) electrons. The van der Waals surface area contributed by atoms with E-state index < -0.39 is 0 Å². The maximum atomic E-state index is 9.31. The third-order valence-electron chi connectivity index (χ3n) is 3.62.